The molecule has 4 aromatic heterocycles. The van der Waals surface area contributed by atoms with Crippen LogP contribution in [0.25, 0.3) is 22.2 Å². The quantitative estimate of drug-likeness (QED) is 0.419. The second-order valence-corrected chi connectivity index (χ2v) is 9.56. The van der Waals surface area contributed by atoms with Crippen molar-refractivity contribution in [3.63, 3.8) is 0 Å². The summed E-state index contributed by atoms with van der Waals surface area (Å²) in [5.74, 6) is 0.795. The van der Waals surface area contributed by atoms with Crippen molar-refractivity contribution in [2.45, 2.75) is 32.6 Å². The number of rotatable bonds is 5. The lowest BCUT2D eigenvalue weighted by molar-refractivity contribution is -0.115. The first-order chi connectivity index (χ1) is 15.9. The summed E-state index contributed by atoms with van der Waals surface area (Å²) in [5, 5.41) is 9.61. The van der Waals surface area contributed by atoms with Crippen molar-refractivity contribution >= 4 is 28.0 Å². The molecule has 0 bridgehead atoms. The molecule has 0 fully saturated rings. The fourth-order valence-electron chi connectivity index (χ4n) is 3.45. The summed E-state index contributed by atoms with van der Waals surface area (Å²) in [6, 6.07) is 13.6. The van der Waals surface area contributed by atoms with Crippen LogP contribution in [-0.2, 0) is 16.6 Å². The third-order valence-corrected chi connectivity index (χ3v) is 6.07. The van der Waals surface area contributed by atoms with Crippen LogP contribution in [0.4, 0.5) is 5.82 Å². The predicted molar refractivity (Wildman–Crippen MR) is 129 cm³/mol. The highest BCUT2D eigenvalue weighted by Crippen LogP contribution is 2.26. The number of nitrogens with one attached hydrogen (secondary N) is 1. The van der Waals surface area contributed by atoms with Crippen molar-refractivity contribution in [2.24, 2.45) is 0 Å². The summed E-state index contributed by atoms with van der Waals surface area (Å²) < 4.78 is 3.55. The van der Waals surface area contributed by atoms with E-state index in [4.69, 9.17) is 4.98 Å². The number of carbonyl (C=O) groups is 1. The Kier molecular flexibility index (Phi) is 5.26. The molecule has 0 unspecified atom stereocenters. The molecule has 0 aliphatic rings. The van der Waals surface area contributed by atoms with E-state index in [0.29, 0.717) is 11.8 Å². The number of hydrogen-bond acceptors (Lipinski definition) is 6. The first-order valence-electron chi connectivity index (χ1n) is 10.6. The number of anilines is 1. The number of amides is 1. The fourth-order valence-corrected chi connectivity index (χ4v) is 4.32. The zero-order valence-corrected chi connectivity index (χ0v) is 19.4. The summed E-state index contributed by atoms with van der Waals surface area (Å²) >= 11 is 1.52. The van der Waals surface area contributed by atoms with Gasteiger partial charge in [-0.2, -0.15) is 9.78 Å². The molecule has 9 heteroatoms. The van der Waals surface area contributed by atoms with Crippen LogP contribution in [-0.4, -0.2) is 35.0 Å². The molecule has 4 heterocycles. The van der Waals surface area contributed by atoms with Gasteiger partial charge in [-0.1, -0.05) is 51.1 Å². The molecule has 33 heavy (non-hydrogen) atoms. The summed E-state index contributed by atoms with van der Waals surface area (Å²) in [4.78, 5) is 27.2. The van der Waals surface area contributed by atoms with Crippen molar-refractivity contribution in [1.29, 1.82) is 0 Å². The van der Waals surface area contributed by atoms with E-state index in [9.17, 15) is 4.79 Å². The van der Waals surface area contributed by atoms with Gasteiger partial charge in [0.1, 0.15) is 5.82 Å². The van der Waals surface area contributed by atoms with Gasteiger partial charge in [0.2, 0.25) is 5.91 Å². The van der Waals surface area contributed by atoms with Gasteiger partial charge in [-0.15, -0.1) is 11.3 Å². The van der Waals surface area contributed by atoms with E-state index in [1.165, 1.54) is 11.3 Å². The molecular weight excluding hydrogens is 434 g/mol. The topological polar surface area (TPSA) is 90.0 Å². The molecule has 0 aliphatic carbocycles. The van der Waals surface area contributed by atoms with Gasteiger partial charge in [-0.05, 0) is 6.07 Å². The minimum Gasteiger partial charge on any atom is -0.310 e. The van der Waals surface area contributed by atoms with Crippen molar-refractivity contribution in [3.8, 4) is 17.2 Å². The van der Waals surface area contributed by atoms with Crippen LogP contribution >= 0.6 is 11.3 Å². The van der Waals surface area contributed by atoms with Crippen LogP contribution in [0.15, 0.2) is 66.4 Å². The summed E-state index contributed by atoms with van der Waals surface area (Å²) in [5.41, 5.74) is 3.46. The molecule has 0 saturated carbocycles. The van der Waals surface area contributed by atoms with Crippen LogP contribution in [0.3, 0.4) is 0 Å². The van der Waals surface area contributed by atoms with Crippen molar-refractivity contribution in [1.82, 2.24) is 29.1 Å². The smallest absolute Gasteiger partial charge is 0.252 e. The predicted octanol–water partition coefficient (Wildman–Crippen LogP) is 4.52. The van der Waals surface area contributed by atoms with Crippen LogP contribution in [0, 0.1) is 0 Å². The maximum atomic E-state index is 13.0. The Labute approximate surface area is 195 Å². The van der Waals surface area contributed by atoms with Crippen LogP contribution in [0.5, 0.6) is 0 Å². The van der Waals surface area contributed by atoms with Gasteiger partial charge in [0.25, 0.3) is 5.95 Å². The lowest BCUT2D eigenvalue weighted by Gasteiger charge is -2.13. The number of imidazole rings is 1. The zero-order chi connectivity index (χ0) is 23.0. The minimum absolute atomic E-state index is 0.151. The molecule has 0 atom stereocenters. The van der Waals surface area contributed by atoms with Gasteiger partial charge < -0.3 is 5.32 Å². The highest BCUT2D eigenvalue weighted by Gasteiger charge is 2.23. The van der Waals surface area contributed by atoms with Crippen molar-refractivity contribution in [3.05, 3.63) is 77.8 Å². The second-order valence-electron chi connectivity index (χ2n) is 8.72. The summed E-state index contributed by atoms with van der Waals surface area (Å²) in [6.07, 6.45) is 5.48. The molecule has 0 saturated heterocycles. The van der Waals surface area contributed by atoms with Gasteiger partial charge in [0, 0.05) is 46.7 Å². The number of nitrogens with zero attached hydrogens (tertiary/aromatic N) is 6. The molecule has 5 aromatic rings. The number of hydrogen-bond donors (Lipinski definition) is 1. The van der Waals surface area contributed by atoms with Gasteiger partial charge >= 0.3 is 0 Å². The average molecular weight is 458 g/mol. The first kappa shape index (κ1) is 21.0. The lowest BCUT2D eigenvalue weighted by Crippen LogP contribution is -2.18. The van der Waals surface area contributed by atoms with E-state index >= 15 is 0 Å². The number of fused-ring (bicyclic) bond motifs is 1. The average Bonchev–Trinajstić information content (AvgIpc) is 3.50. The Balaban J connectivity index is 1.41. The Bertz CT molecular complexity index is 1410. The van der Waals surface area contributed by atoms with E-state index < -0.39 is 0 Å². The standard InChI is InChI=1S/C24H23N7OS/c1-24(2,3)19-13-20(31(29-19)22-25-10-7-11-26-22)28-21(32)12-17-15-33-23-27-18(14-30(17)23)16-8-5-4-6-9-16/h4-11,13-15H,12H2,1-3H3,(H,28,32). The normalized spacial score (nSPS) is 11.7. The fraction of sp³-hybridized carbons (Fsp3) is 0.208. The molecule has 5 rings (SSSR count). The van der Waals surface area contributed by atoms with Gasteiger partial charge in [0.15, 0.2) is 4.96 Å². The van der Waals surface area contributed by atoms with Crippen molar-refractivity contribution < 1.29 is 4.79 Å². The Hall–Kier alpha value is -3.85. The Morgan fingerprint density at radius 2 is 1.85 bits per heavy atom. The van der Waals surface area contributed by atoms with Gasteiger partial charge in [-0.25, -0.2) is 15.0 Å². The van der Waals surface area contributed by atoms with Crippen molar-refractivity contribution in [2.75, 3.05) is 5.32 Å². The Morgan fingerprint density at radius 1 is 1.09 bits per heavy atom. The highest BCUT2D eigenvalue weighted by atomic mass is 32.1. The zero-order valence-electron chi connectivity index (χ0n) is 18.6. The molecule has 0 radical (unpaired) electrons. The highest BCUT2D eigenvalue weighted by molar-refractivity contribution is 7.15. The third-order valence-electron chi connectivity index (χ3n) is 5.18. The van der Waals surface area contributed by atoms with Crippen LogP contribution in [0.2, 0.25) is 0 Å². The third kappa shape index (κ3) is 4.27. The number of thiazole rings is 1. The molecule has 0 aliphatic heterocycles. The molecule has 8 nitrogen and oxygen atoms in total. The summed E-state index contributed by atoms with van der Waals surface area (Å²) in [7, 11) is 0. The first-order valence-corrected chi connectivity index (χ1v) is 11.4. The molecule has 1 N–H and O–H groups in total. The van der Waals surface area contributed by atoms with Crippen LogP contribution < -0.4 is 5.32 Å². The molecule has 1 aromatic carbocycles. The lowest BCUT2D eigenvalue weighted by atomic mass is 9.92. The number of carbonyl (C=O) groups excluding carboxylic acids is 1. The number of benzene rings is 1. The maximum Gasteiger partial charge on any atom is 0.252 e. The van der Waals surface area contributed by atoms with E-state index in [1.54, 1.807) is 23.1 Å². The minimum atomic E-state index is -0.191. The van der Waals surface area contributed by atoms with Gasteiger partial charge in [-0.3, -0.25) is 9.20 Å². The number of aromatic nitrogens is 6. The van der Waals surface area contributed by atoms with E-state index in [1.807, 2.05) is 52.4 Å². The molecule has 0 spiro atoms. The van der Waals surface area contributed by atoms with Crippen LogP contribution in [0.1, 0.15) is 32.2 Å². The molecule has 166 valence electrons. The van der Waals surface area contributed by atoms with E-state index in [-0.39, 0.29) is 17.7 Å². The Morgan fingerprint density at radius 3 is 2.58 bits per heavy atom. The maximum absolute atomic E-state index is 13.0. The molecular formula is C24H23N7OS. The van der Waals surface area contributed by atoms with Gasteiger partial charge in [0.05, 0.1) is 17.8 Å². The summed E-state index contributed by atoms with van der Waals surface area (Å²) in [6.45, 7) is 6.22. The second kappa shape index (κ2) is 8.25. The van der Waals surface area contributed by atoms with E-state index in [0.717, 1.165) is 27.6 Å². The monoisotopic (exact) mass is 457 g/mol. The SMILES string of the molecule is CC(C)(C)c1cc(NC(=O)Cc2csc3nc(-c4ccccc4)cn23)n(-c2ncccn2)n1. The molecule has 1 amide bonds. The largest absolute Gasteiger partial charge is 0.310 e. The van der Waals surface area contributed by atoms with E-state index in [2.05, 4.69) is 41.2 Å².